The Balaban J connectivity index is 2.35. The summed E-state index contributed by atoms with van der Waals surface area (Å²) in [7, 11) is 3.54. The van der Waals surface area contributed by atoms with Crippen LogP contribution in [-0.4, -0.2) is 54.6 Å². The van der Waals surface area contributed by atoms with Crippen LogP contribution >= 0.6 is 0 Å². The molecule has 102 valence electrons. The average molecular weight is 254 g/mol. The number of hydrogen-bond donors (Lipinski definition) is 2. The molecule has 6 heteroatoms. The number of rotatable bonds is 7. The van der Waals surface area contributed by atoms with Gasteiger partial charge in [-0.25, -0.2) is 4.98 Å². The first-order valence-electron chi connectivity index (χ1n) is 6.01. The minimum atomic E-state index is -0.109. The molecule has 0 fully saturated rings. The summed E-state index contributed by atoms with van der Waals surface area (Å²) < 4.78 is 4.96. The smallest absolute Gasteiger partial charge is 0.234 e. The number of imidazole rings is 1. The van der Waals surface area contributed by atoms with Gasteiger partial charge in [0.15, 0.2) is 0 Å². The van der Waals surface area contributed by atoms with Crippen molar-refractivity contribution in [2.45, 2.75) is 19.9 Å². The number of nitrogens with one attached hydrogen (secondary N) is 2. The van der Waals surface area contributed by atoms with Crippen molar-refractivity contribution < 1.29 is 9.53 Å². The van der Waals surface area contributed by atoms with Crippen molar-refractivity contribution in [3.8, 4) is 0 Å². The molecule has 0 aliphatic heterocycles. The largest absolute Gasteiger partial charge is 0.383 e. The average Bonchev–Trinajstić information content (AvgIpc) is 2.73. The van der Waals surface area contributed by atoms with Gasteiger partial charge in [-0.15, -0.1) is 0 Å². The summed E-state index contributed by atoms with van der Waals surface area (Å²) in [5, 5.41) is 2.90. The zero-order valence-electron chi connectivity index (χ0n) is 11.5. The summed E-state index contributed by atoms with van der Waals surface area (Å²) in [4.78, 5) is 21.0. The van der Waals surface area contributed by atoms with E-state index in [2.05, 4.69) is 15.3 Å². The van der Waals surface area contributed by atoms with Gasteiger partial charge >= 0.3 is 0 Å². The van der Waals surface area contributed by atoms with Gasteiger partial charge in [-0.05, 0) is 20.9 Å². The molecule has 18 heavy (non-hydrogen) atoms. The van der Waals surface area contributed by atoms with Crippen molar-refractivity contribution in [3.63, 3.8) is 0 Å². The first-order chi connectivity index (χ1) is 8.52. The molecule has 0 aliphatic rings. The third-order valence-corrected chi connectivity index (χ3v) is 2.60. The zero-order chi connectivity index (χ0) is 13.5. The lowest BCUT2D eigenvalue weighted by Gasteiger charge is -2.17. The number of aromatic nitrogens is 2. The molecule has 1 aromatic heterocycles. The van der Waals surface area contributed by atoms with Gasteiger partial charge in [0.25, 0.3) is 0 Å². The summed E-state index contributed by atoms with van der Waals surface area (Å²) >= 11 is 0. The lowest BCUT2D eigenvalue weighted by Crippen LogP contribution is -2.37. The number of hydrogen-bond acceptors (Lipinski definition) is 4. The molecule has 1 heterocycles. The highest BCUT2D eigenvalue weighted by Crippen LogP contribution is 2.07. The van der Waals surface area contributed by atoms with Gasteiger partial charge in [0.1, 0.15) is 5.82 Å². The molecule has 0 saturated carbocycles. The minimum absolute atomic E-state index is 0.0184. The number of carbonyl (C=O) groups is 1. The molecular weight excluding hydrogens is 232 g/mol. The highest BCUT2D eigenvalue weighted by Gasteiger charge is 2.13. The molecule has 0 spiro atoms. The molecule has 0 bridgehead atoms. The fourth-order valence-electron chi connectivity index (χ4n) is 1.58. The summed E-state index contributed by atoms with van der Waals surface area (Å²) in [6.45, 7) is 5.55. The topological polar surface area (TPSA) is 70.2 Å². The van der Waals surface area contributed by atoms with Crippen molar-refractivity contribution in [3.05, 3.63) is 17.7 Å². The molecular formula is C12H22N4O2. The number of amides is 1. The van der Waals surface area contributed by atoms with Crippen LogP contribution in [0, 0.1) is 6.92 Å². The van der Waals surface area contributed by atoms with Crippen LogP contribution in [0.1, 0.15) is 24.5 Å². The maximum atomic E-state index is 11.8. The molecule has 1 amide bonds. The van der Waals surface area contributed by atoms with Gasteiger partial charge in [0.2, 0.25) is 5.91 Å². The summed E-state index contributed by atoms with van der Waals surface area (Å²) in [5.74, 6) is 0.760. The van der Waals surface area contributed by atoms with Crippen molar-refractivity contribution in [1.82, 2.24) is 20.2 Å². The Morgan fingerprint density at radius 1 is 1.67 bits per heavy atom. The standard InChI is InChI=1S/C12H22N4O2/c1-9-7-13-12(14-9)10(2)15-11(17)8-16(3)5-6-18-4/h7,10H,5-6,8H2,1-4H3,(H,13,14)(H,15,17)/t10-/m1/s1. The van der Waals surface area contributed by atoms with Crippen LogP contribution in [0.15, 0.2) is 6.20 Å². The first kappa shape index (κ1) is 14.7. The predicted octanol–water partition coefficient (Wildman–Crippen LogP) is 0.474. The molecule has 2 N–H and O–H groups in total. The molecule has 0 aliphatic carbocycles. The summed E-state index contributed by atoms with van der Waals surface area (Å²) in [6, 6.07) is -0.109. The van der Waals surface area contributed by atoms with E-state index < -0.39 is 0 Å². The molecule has 0 saturated heterocycles. The second-order valence-electron chi connectivity index (χ2n) is 4.47. The van der Waals surface area contributed by atoms with Crippen LogP contribution in [0.3, 0.4) is 0 Å². The second-order valence-corrected chi connectivity index (χ2v) is 4.47. The Hall–Kier alpha value is -1.40. The van der Waals surface area contributed by atoms with Crippen LogP contribution in [-0.2, 0) is 9.53 Å². The van der Waals surface area contributed by atoms with E-state index in [0.29, 0.717) is 13.2 Å². The van der Waals surface area contributed by atoms with Gasteiger partial charge in [-0.2, -0.15) is 0 Å². The molecule has 0 aromatic carbocycles. The first-order valence-corrected chi connectivity index (χ1v) is 6.01. The van der Waals surface area contributed by atoms with E-state index in [9.17, 15) is 4.79 Å². The van der Waals surface area contributed by atoms with Crippen molar-refractivity contribution in [2.75, 3.05) is 33.9 Å². The predicted molar refractivity (Wildman–Crippen MR) is 69.3 cm³/mol. The molecule has 1 aromatic rings. The Labute approximate surface area is 108 Å². The van der Waals surface area contributed by atoms with Gasteiger partial charge in [-0.3, -0.25) is 9.69 Å². The van der Waals surface area contributed by atoms with Crippen molar-refractivity contribution in [2.24, 2.45) is 0 Å². The lowest BCUT2D eigenvalue weighted by molar-refractivity contribution is -0.122. The van der Waals surface area contributed by atoms with Crippen molar-refractivity contribution >= 4 is 5.91 Å². The van der Waals surface area contributed by atoms with Crippen LogP contribution in [0.25, 0.3) is 0 Å². The minimum Gasteiger partial charge on any atom is -0.383 e. The van der Waals surface area contributed by atoms with E-state index in [4.69, 9.17) is 4.74 Å². The Kier molecular flexibility index (Phi) is 5.80. The molecule has 0 radical (unpaired) electrons. The number of aryl methyl sites for hydroxylation is 1. The highest BCUT2D eigenvalue weighted by molar-refractivity contribution is 5.78. The Morgan fingerprint density at radius 3 is 2.94 bits per heavy atom. The number of aromatic amines is 1. The molecule has 1 atom stereocenters. The van der Waals surface area contributed by atoms with Crippen LogP contribution in [0.4, 0.5) is 0 Å². The monoisotopic (exact) mass is 254 g/mol. The van der Waals surface area contributed by atoms with E-state index in [1.807, 2.05) is 25.8 Å². The van der Waals surface area contributed by atoms with Crippen LogP contribution in [0.5, 0.6) is 0 Å². The number of likely N-dealkylation sites (N-methyl/N-ethyl adjacent to an activating group) is 1. The molecule has 6 nitrogen and oxygen atoms in total. The van der Waals surface area contributed by atoms with Crippen molar-refractivity contribution in [1.29, 1.82) is 0 Å². The number of H-pyrrole nitrogens is 1. The quantitative estimate of drug-likeness (QED) is 0.742. The number of ether oxygens (including phenoxy) is 1. The number of carbonyl (C=O) groups excluding carboxylic acids is 1. The van der Waals surface area contributed by atoms with E-state index in [0.717, 1.165) is 18.1 Å². The summed E-state index contributed by atoms with van der Waals surface area (Å²) in [5.41, 5.74) is 0.989. The SMILES string of the molecule is COCCN(C)CC(=O)N[C@H](C)c1ncc(C)[nH]1. The number of methoxy groups -OCH3 is 1. The Bertz CT molecular complexity index is 378. The normalized spacial score (nSPS) is 12.7. The van der Waals surface area contributed by atoms with Gasteiger partial charge in [-0.1, -0.05) is 0 Å². The van der Waals surface area contributed by atoms with Crippen LogP contribution < -0.4 is 5.32 Å². The fraction of sp³-hybridized carbons (Fsp3) is 0.667. The Morgan fingerprint density at radius 2 is 2.39 bits per heavy atom. The number of nitrogens with zero attached hydrogens (tertiary/aromatic N) is 2. The van der Waals surface area contributed by atoms with Crippen LogP contribution in [0.2, 0.25) is 0 Å². The molecule has 1 rings (SSSR count). The van der Waals surface area contributed by atoms with E-state index in [1.54, 1.807) is 13.3 Å². The summed E-state index contributed by atoms with van der Waals surface area (Å²) in [6.07, 6.45) is 1.75. The maximum absolute atomic E-state index is 11.8. The van der Waals surface area contributed by atoms with E-state index >= 15 is 0 Å². The van der Waals surface area contributed by atoms with Gasteiger partial charge < -0.3 is 15.0 Å². The van der Waals surface area contributed by atoms with Gasteiger partial charge in [0.05, 0.1) is 19.2 Å². The zero-order valence-corrected chi connectivity index (χ0v) is 11.5. The maximum Gasteiger partial charge on any atom is 0.234 e. The van der Waals surface area contributed by atoms with E-state index in [-0.39, 0.29) is 11.9 Å². The third kappa shape index (κ3) is 4.85. The highest BCUT2D eigenvalue weighted by atomic mass is 16.5. The molecule has 0 unspecified atom stereocenters. The lowest BCUT2D eigenvalue weighted by atomic mass is 10.3. The fourth-order valence-corrected chi connectivity index (χ4v) is 1.58. The second kappa shape index (κ2) is 7.13. The third-order valence-electron chi connectivity index (χ3n) is 2.60. The van der Waals surface area contributed by atoms with E-state index in [1.165, 1.54) is 0 Å². The van der Waals surface area contributed by atoms with Gasteiger partial charge in [0, 0.05) is 25.5 Å².